The van der Waals surface area contributed by atoms with Gasteiger partial charge >= 0.3 is 0 Å². The van der Waals surface area contributed by atoms with Crippen LogP contribution in [0, 0.1) is 0 Å². The highest BCUT2D eigenvalue weighted by Gasteiger charge is 2.31. The molecule has 26 heavy (non-hydrogen) atoms. The van der Waals surface area contributed by atoms with E-state index in [0.717, 1.165) is 12.8 Å². The maximum absolute atomic E-state index is 9.13. The minimum absolute atomic E-state index is 0.0906. The molecule has 0 unspecified atom stereocenters. The van der Waals surface area contributed by atoms with Crippen LogP contribution in [-0.4, -0.2) is 50.5 Å². The molecule has 0 amide bonds. The number of nitrogens with zero attached hydrogens (tertiary/aromatic N) is 3. The number of fused-ring (bicyclic) bond motifs is 2. The first kappa shape index (κ1) is 17.0. The van der Waals surface area contributed by atoms with Crippen LogP contribution in [0.2, 0.25) is 0 Å². The quantitative estimate of drug-likeness (QED) is 0.527. The Kier molecular flexibility index (Phi) is 4.89. The number of piperidine rings is 2. The molecule has 0 spiro atoms. The Morgan fingerprint density at radius 2 is 2.00 bits per heavy atom. The molecule has 140 valence electrons. The molecule has 2 bridgehead atoms. The Labute approximate surface area is 152 Å². The molecule has 0 aromatic carbocycles. The molecule has 2 aliphatic heterocycles. The molecular weight excluding hydrogens is 334 g/mol. The summed E-state index contributed by atoms with van der Waals surface area (Å²) in [6, 6.07) is 4.98. The molecule has 2 fully saturated rings. The van der Waals surface area contributed by atoms with E-state index in [9.17, 15) is 0 Å². The second-order valence-electron chi connectivity index (χ2n) is 6.98. The van der Waals surface area contributed by atoms with E-state index in [2.05, 4.69) is 36.1 Å². The van der Waals surface area contributed by atoms with Crippen LogP contribution in [0.15, 0.2) is 12.1 Å². The average molecular weight is 359 g/mol. The van der Waals surface area contributed by atoms with Gasteiger partial charge in [-0.2, -0.15) is 15.1 Å². The molecule has 2 saturated heterocycles. The zero-order chi connectivity index (χ0) is 17.9. The number of nitrogens with one attached hydrogen (secondary N) is 4. The van der Waals surface area contributed by atoms with Gasteiger partial charge in [-0.15, -0.1) is 0 Å². The van der Waals surface area contributed by atoms with E-state index in [-0.39, 0.29) is 6.61 Å². The summed E-state index contributed by atoms with van der Waals surface area (Å²) in [7, 11) is 1.59. The molecule has 2 aliphatic rings. The summed E-state index contributed by atoms with van der Waals surface area (Å²) in [6.07, 6.45) is 5.97. The molecule has 0 aliphatic carbocycles. The molecule has 0 saturated carbocycles. The molecule has 5 N–H and O–H groups in total. The van der Waals surface area contributed by atoms with Gasteiger partial charge in [-0.1, -0.05) is 6.42 Å². The van der Waals surface area contributed by atoms with Gasteiger partial charge in [0.25, 0.3) is 0 Å². The van der Waals surface area contributed by atoms with Crippen molar-refractivity contribution in [1.82, 2.24) is 25.5 Å². The summed E-state index contributed by atoms with van der Waals surface area (Å²) in [4.78, 5) is 8.98. The molecule has 2 aromatic heterocycles. The zero-order valence-corrected chi connectivity index (χ0v) is 14.8. The second-order valence-corrected chi connectivity index (χ2v) is 6.98. The number of rotatable bonds is 6. The number of methoxy groups -OCH3 is 1. The maximum Gasteiger partial charge on any atom is 0.228 e. The van der Waals surface area contributed by atoms with Gasteiger partial charge in [0, 0.05) is 30.3 Å². The fraction of sp³-hybridized carbons (Fsp3) is 0.588. The standard InChI is InChI=1S/C17H25N7O2/c1-26-16-8-14(20-15-7-13(9-25)23-24-15)21-17(22-16)19-12-5-10-3-2-4-11(6-12)18-10/h7-8,10-12,18,25H,2-6,9H2,1H3,(H3,19,20,21,22,23,24)/t10-,11+,12-. The monoisotopic (exact) mass is 359 g/mol. The number of aliphatic hydroxyl groups is 1. The summed E-state index contributed by atoms with van der Waals surface area (Å²) >= 11 is 0. The molecule has 3 atom stereocenters. The number of anilines is 3. The number of hydrogen-bond acceptors (Lipinski definition) is 8. The van der Waals surface area contributed by atoms with Crippen LogP contribution in [0.25, 0.3) is 0 Å². The Balaban J connectivity index is 1.48. The van der Waals surface area contributed by atoms with Crippen molar-refractivity contribution in [2.45, 2.75) is 56.8 Å². The molecule has 2 aromatic rings. The normalized spacial score (nSPS) is 24.9. The lowest BCUT2D eigenvalue weighted by atomic mass is 9.84. The van der Waals surface area contributed by atoms with Crippen LogP contribution in [0.4, 0.5) is 17.6 Å². The highest BCUT2D eigenvalue weighted by atomic mass is 16.5. The number of H-pyrrole nitrogens is 1. The van der Waals surface area contributed by atoms with Gasteiger partial charge in [-0.3, -0.25) is 5.10 Å². The molecule has 0 radical (unpaired) electrons. The average Bonchev–Trinajstić information content (AvgIpc) is 3.08. The first-order valence-electron chi connectivity index (χ1n) is 9.09. The lowest BCUT2D eigenvalue weighted by Crippen LogP contribution is -2.52. The maximum atomic E-state index is 9.13. The van der Waals surface area contributed by atoms with Crippen molar-refractivity contribution in [3.63, 3.8) is 0 Å². The van der Waals surface area contributed by atoms with Crippen LogP contribution in [0.3, 0.4) is 0 Å². The van der Waals surface area contributed by atoms with Crippen molar-refractivity contribution in [2.75, 3.05) is 17.7 Å². The van der Waals surface area contributed by atoms with Crippen molar-refractivity contribution in [2.24, 2.45) is 0 Å². The fourth-order valence-corrected chi connectivity index (χ4v) is 3.86. The lowest BCUT2D eigenvalue weighted by molar-refractivity contribution is 0.230. The van der Waals surface area contributed by atoms with E-state index >= 15 is 0 Å². The predicted octanol–water partition coefficient (Wildman–Crippen LogP) is 1.53. The number of aliphatic hydroxyl groups excluding tert-OH is 1. The Hall–Kier alpha value is -2.39. The first-order valence-corrected chi connectivity index (χ1v) is 9.09. The molecule has 9 nitrogen and oxygen atoms in total. The van der Waals surface area contributed by atoms with E-state index < -0.39 is 0 Å². The Morgan fingerprint density at radius 3 is 2.69 bits per heavy atom. The van der Waals surface area contributed by atoms with E-state index in [1.807, 2.05) is 0 Å². The zero-order valence-electron chi connectivity index (χ0n) is 14.8. The summed E-state index contributed by atoms with van der Waals surface area (Å²) < 4.78 is 5.31. The van der Waals surface area contributed by atoms with Gasteiger partial charge in [0.1, 0.15) is 5.82 Å². The minimum Gasteiger partial charge on any atom is -0.481 e. The van der Waals surface area contributed by atoms with Gasteiger partial charge in [0.2, 0.25) is 11.8 Å². The fourth-order valence-electron chi connectivity index (χ4n) is 3.86. The van der Waals surface area contributed by atoms with E-state index in [4.69, 9.17) is 9.84 Å². The molecule has 9 heteroatoms. The number of hydrogen-bond donors (Lipinski definition) is 5. The minimum atomic E-state index is -0.0906. The SMILES string of the molecule is COc1cc(Nc2cc(CO)[nH]n2)nc(N[C@@H]2C[C@H]3CCC[C@@H](C2)N3)n1. The Morgan fingerprint density at radius 1 is 1.19 bits per heavy atom. The summed E-state index contributed by atoms with van der Waals surface area (Å²) in [5, 5.41) is 26.3. The van der Waals surface area contributed by atoms with Crippen LogP contribution in [0.1, 0.15) is 37.8 Å². The van der Waals surface area contributed by atoms with Crippen molar-refractivity contribution in [1.29, 1.82) is 0 Å². The van der Waals surface area contributed by atoms with Crippen LogP contribution in [-0.2, 0) is 6.61 Å². The van der Waals surface area contributed by atoms with Gasteiger partial charge < -0.3 is 25.8 Å². The van der Waals surface area contributed by atoms with Gasteiger partial charge in [0.15, 0.2) is 5.82 Å². The Bertz CT molecular complexity index is 738. The predicted molar refractivity (Wildman–Crippen MR) is 97.6 cm³/mol. The highest BCUT2D eigenvalue weighted by Crippen LogP contribution is 2.28. The number of aromatic amines is 1. The van der Waals surface area contributed by atoms with E-state index in [1.54, 1.807) is 19.2 Å². The van der Waals surface area contributed by atoms with Gasteiger partial charge in [-0.05, 0) is 25.7 Å². The number of aromatic nitrogens is 4. The van der Waals surface area contributed by atoms with E-state index in [1.165, 1.54) is 19.3 Å². The van der Waals surface area contributed by atoms with Crippen molar-refractivity contribution >= 4 is 17.6 Å². The summed E-state index contributed by atoms with van der Waals surface area (Å²) in [5.41, 5.74) is 0.633. The van der Waals surface area contributed by atoms with Crippen LogP contribution >= 0.6 is 0 Å². The third-order valence-corrected chi connectivity index (χ3v) is 5.02. The van der Waals surface area contributed by atoms with Crippen molar-refractivity contribution in [3.8, 4) is 5.88 Å². The van der Waals surface area contributed by atoms with Crippen molar-refractivity contribution < 1.29 is 9.84 Å². The third-order valence-electron chi connectivity index (χ3n) is 5.02. The molecular formula is C17H25N7O2. The molecule has 4 heterocycles. The van der Waals surface area contributed by atoms with Crippen LogP contribution in [0.5, 0.6) is 5.88 Å². The van der Waals surface area contributed by atoms with Crippen molar-refractivity contribution in [3.05, 3.63) is 17.8 Å². The smallest absolute Gasteiger partial charge is 0.228 e. The first-order chi connectivity index (χ1) is 12.7. The highest BCUT2D eigenvalue weighted by molar-refractivity contribution is 5.55. The van der Waals surface area contributed by atoms with E-state index in [0.29, 0.717) is 47.3 Å². The van der Waals surface area contributed by atoms with Gasteiger partial charge in [-0.25, -0.2) is 0 Å². The second kappa shape index (κ2) is 7.46. The summed E-state index contributed by atoms with van der Waals surface area (Å²) in [5.74, 6) is 2.20. The largest absolute Gasteiger partial charge is 0.481 e. The molecule has 4 rings (SSSR count). The number of ether oxygens (including phenoxy) is 1. The van der Waals surface area contributed by atoms with Gasteiger partial charge in [0.05, 0.1) is 19.4 Å². The third kappa shape index (κ3) is 3.88. The lowest BCUT2D eigenvalue weighted by Gasteiger charge is -2.40. The topological polar surface area (TPSA) is 120 Å². The summed E-state index contributed by atoms with van der Waals surface area (Å²) in [6.45, 7) is -0.0906. The van der Waals surface area contributed by atoms with Crippen LogP contribution < -0.4 is 20.7 Å².